The topological polar surface area (TPSA) is 47.8 Å². The van der Waals surface area contributed by atoms with E-state index in [-0.39, 0.29) is 18.1 Å². The summed E-state index contributed by atoms with van der Waals surface area (Å²) in [6.07, 6.45) is 0. The first kappa shape index (κ1) is 19.2. The maximum absolute atomic E-state index is 12.8. The summed E-state index contributed by atoms with van der Waals surface area (Å²) in [5, 5.41) is 0. The fourth-order valence-corrected chi connectivity index (χ4v) is 3.30. The molecule has 0 spiro atoms. The van der Waals surface area contributed by atoms with Crippen LogP contribution in [0.4, 0.5) is 0 Å². The van der Waals surface area contributed by atoms with Crippen LogP contribution >= 0.6 is 0 Å². The molecule has 0 saturated carbocycles. The third-order valence-electron chi connectivity index (χ3n) is 4.53. The first-order valence-corrected chi connectivity index (χ1v) is 9.08. The minimum Gasteiger partial charge on any atom is -0.493 e. The van der Waals surface area contributed by atoms with Gasteiger partial charge in [-0.05, 0) is 44.0 Å². The Morgan fingerprint density at radius 3 is 2.26 bits per heavy atom. The van der Waals surface area contributed by atoms with Crippen LogP contribution in [0.1, 0.15) is 37.9 Å². The number of hydrogen-bond donors (Lipinski definition) is 0. The summed E-state index contributed by atoms with van der Waals surface area (Å²) in [5.74, 6) is 1.13. The van der Waals surface area contributed by atoms with Crippen molar-refractivity contribution in [2.45, 2.75) is 45.0 Å². The minimum absolute atomic E-state index is 0.0418. The third kappa shape index (κ3) is 4.42. The van der Waals surface area contributed by atoms with Crippen LogP contribution in [0.3, 0.4) is 0 Å². The van der Waals surface area contributed by atoms with Crippen molar-refractivity contribution in [1.29, 1.82) is 0 Å². The summed E-state index contributed by atoms with van der Waals surface area (Å²) in [7, 11) is 3.22. The zero-order chi connectivity index (χ0) is 19.6. The van der Waals surface area contributed by atoms with E-state index in [1.165, 1.54) is 0 Å². The highest BCUT2D eigenvalue weighted by molar-refractivity contribution is 5.81. The largest absolute Gasteiger partial charge is 0.493 e. The zero-order valence-corrected chi connectivity index (χ0v) is 16.6. The van der Waals surface area contributed by atoms with E-state index in [9.17, 15) is 4.79 Å². The van der Waals surface area contributed by atoms with Gasteiger partial charge in [0, 0.05) is 6.54 Å². The van der Waals surface area contributed by atoms with Crippen molar-refractivity contribution in [3.05, 3.63) is 59.7 Å². The molecule has 144 valence electrons. The fourth-order valence-electron chi connectivity index (χ4n) is 3.30. The number of hydrogen-bond acceptors (Lipinski definition) is 5. The summed E-state index contributed by atoms with van der Waals surface area (Å²) in [4.78, 5) is 14.9. The van der Waals surface area contributed by atoms with Crippen molar-refractivity contribution in [2.75, 3.05) is 14.2 Å². The van der Waals surface area contributed by atoms with Crippen molar-refractivity contribution in [3.8, 4) is 11.5 Å². The molecule has 3 rings (SSSR count). The average molecular weight is 369 g/mol. The molecule has 1 heterocycles. The van der Waals surface area contributed by atoms with Gasteiger partial charge in [0.15, 0.2) is 11.5 Å². The molecule has 0 radical (unpaired) electrons. The standard InChI is InChI=1S/C22H27NO4/c1-22(2,3)27-21(24)20-19(23(20)14-15-9-7-6-8-10-15)16-11-12-17(25-4)18(13-16)26-5/h6-13,19-20H,14H2,1-5H3/t19-,20-,23?/m1/s1. The molecular weight excluding hydrogens is 342 g/mol. The van der Waals surface area contributed by atoms with Crippen LogP contribution in [0, 0.1) is 0 Å². The Bertz CT molecular complexity index is 798. The van der Waals surface area contributed by atoms with Crippen LogP contribution < -0.4 is 9.47 Å². The first-order valence-electron chi connectivity index (χ1n) is 9.08. The normalized spacial score (nSPS) is 21.4. The number of carbonyl (C=O) groups excluding carboxylic acids is 1. The molecule has 5 nitrogen and oxygen atoms in total. The van der Waals surface area contributed by atoms with Gasteiger partial charge in [0.1, 0.15) is 11.6 Å². The molecule has 0 bridgehead atoms. The van der Waals surface area contributed by atoms with Crippen molar-refractivity contribution in [2.24, 2.45) is 0 Å². The summed E-state index contributed by atoms with van der Waals surface area (Å²) < 4.78 is 16.4. The van der Waals surface area contributed by atoms with E-state index in [4.69, 9.17) is 14.2 Å². The van der Waals surface area contributed by atoms with Crippen LogP contribution in [0.25, 0.3) is 0 Å². The summed E-state index contributed by atoms with van der Waals surface area (Å²) in [6.45, 7) is 6.35. The van der Waals surface area contributed by atoms with Gasteiger partial charge in [0.25, 0.3) is 0 Å². The molecule has 3 atom stereocenters. The molecule has 1 unspecified atom stereocenters. The number of nitrogens with zero attached hydrogens (tertiary/aromatic N) is 1. The Morgan fingerprint density at radius 2 is 1.67 bits per heavy atom. The lowest BCUT2D eigenvalue weighted by molar-refractivity contribution is -0.155. The number of benzene rings is 2. The Hall–Kier alpha value is -2.53. The number of methoxy groups -OCH3 is 2. The van der Waals surface area contributed by atoms with Crippen molar-refractivity contribution < 1.29 is 19.0 Å². The Balaban J connectivity index is 1.86. The average Bonchev–Trinajstić information content (AvgIpc) is 3.34. The highest BCUT2D eigenvalue weighted by Crippen LogP contribution is 2.47. The van der Waals surface area contributed by atoms with E-state index < -0.39 is 5.60 Å². The minimum atomic E-state index is -0.514. The molecule has 2 aromatic rings. The lowest BCUT2D eigenvalue weighted by Gasteiger charge is -2.19. The molecule has 1 saturated heterocycles. The van der Waals surface area contributed by atoms with E-state index in [0.717, 1.165) is 11.1 Å². The lowest BCUT2D eigenvalue weighted by Crippen LogP contribution is -2.28. The maximum Gasteiger partial charge on any atom is 0.325 e. The summed E-state index contributed by atoms with van der Waals surface area (Å²) in [5.41, 5.74) is 1.66. The molecular formula is C22H27NO4. The van der Waals surface area contributed by atoms with Crippen LogP contribution in [-0.4, -0.2) is 36.7 Å². The number of esters is 1. The molecule has 2 aromatic carbocycles. The molecule has 0 amide bonds. The fraction of sp³-hybridized carbons (Fsp3) is 0.409. The van der Waals surface area contributed by atoms with Crippen LogP contribution in [-0.2, 0) is 16.1 Å². The zero-order valence-electron chi connectivity index (χ0n) is 16.6. The van der Waals surface area contributed by atoms with Gasteiger partial charge >= 0.3 is 5.97 Å². The molecule has 0 aromatic heterocycles. The molecule has 1 fully saturated rings. The van der Waals surface area contributed by atoms with Crippen molar-refractivity contribution in [1.82, 2.24) is 4.90 Å². The SMILES string of the molecule is COc1ccc([C@@H]2[C@H](C(=O)OC(C)(C)C)N2Cc2ccccc2)cc1OC. The smallest absolute Gasteiger partial charge is 0.325 e. The Morgan fingerprint density at radius 1 is 1.00 bits per heavy atom. The quantitative estimate of drug-likeness (QED) is 0.570. The highest BCUT2D eigenvalue weighted by Gasteiger charge is 2.55. The van der Waals surface area contributed by atoms with Gasteiger partial charge in [-0.2, -0.15) is 0 Å². The molecule has 1 aliphatic rings. The van der Waals surface area contributed by atoms with Gasteiger partial charge in [0.05, 0.1) is 20.3 Å². The van der Waals surface area contributed by atoms with E-state index >= 15 is 0 Å². The summed E-state index contributed by atoms with van der Waals surface area (Å²) in [6, 6.07) is 15.6. The van der Waals surface area contributed by atoms with Gasteiger partial charge in [-0.25, -0.2) is 0 Å². The van der Waals surface area contributed by atoms with E-state index in [1.54, 1.807) is 14.2 Å². The van der Waals surface area contributed by atoms with E-state index in [2.05, 4.69) is 17.0 Å². The number of carbonyl (C=O) groups is 1. The van der Waals surface area contributed by atoms with Gasteiger partial charge in [-0.1, -0.05) is 36.4 Å². The first-order chi connectivity index (χ1) is 12.8. The van der Waals surface area contributed by atoms with Crippen molar-refractivity contribution >= 4 is 5.97 Å². The Kier molecular flexibility index (Phi) is 5.42. The van der Waals surface area contributed by atoms with Crippen LogP contribution in [0.5, 0.6) is 11.5 Å². The van der Waals surface area contributed by atoms with Crippen LogP contribution in [0.15, 0.2) is 48.5 Å². The van der Waals surface area contributed by atoms with Gasteiger partial charge < -0.3 is 14.2 Å². The van der Waals surface area contributed by atoms with Crippen LogP contribution in [0.2, 0.25) is 0 Å². The van der Waals surface area contributed by atoms with Crippen molar-refractivity contribution in [3.63, 3.8) is 0 Å². The third-order valence-corrected chi connectivity index (χ3v) is 4.53. The second-order valence-electron chi connectivity index (χ2n) is 7.70. The Labute approximate surface area is 160 Å². The van der Waals surface area contributed by atoms with Gasteiger partial charge in [0.2, 0.25) is 0 Å². The van der Waals surface area contributed by atoms with E-state index in [0.29, 0.717) is 18.0 Å². The second-order valence-corrected chi connectivity index (χ2v) is 7.70. The van der Waals surface area contributed by atoms with E-state index in [1.807, 2.05) is 57.2 Å². The number of ether oxygens (including phenoxy) is 3. The maximum atomic E-state index is 12.8. The monoisotopic (exact) mass is 369 g/mol. The van der Waals surface area contributed by atoms with Gasteiger partial charge in [-0.3, -0.25) is 9.69 Å². The molecule has 27 heavy (non-hydrogen) atoms. The predicted octanol–water partition coefficient (Wildman–Crippen LogP) is 3.97. The lowest BCUT2D eigenvalue weighted by atomic mass is 10.1. The predicted molar refractivity (Wildman–Crippen MR) is 104 cm³/mol. The molecule has 0 aliphatic carbocycles. The molecule has 1 aliphatic heterocycles. The molecule has 5 heteroatoms. The molecule has 0 N–H and O–H groups in total. The van der Waals surface area contributed by atoms with Gasteiger partial charge in [-0.15, -0.1) is 0 Å². The number of rotatable bonds is 6. The second kappa shape index (κ2) is 7.61. The summed E-state index contributed by atoms with van der Waals surface area (Å²) >= 11 is 0. The highest BCUT2D eigenvalue weighted by atomic mass is 16.6.